The van der Waals surface area contributed by atoms with Gasteiger partial charge in [0.1, 0.15) is 11.5 Å². The molecule has 0 radical (unpaired) electrons. The van der Waals surface area contributed by atoms with E-state index in [1.165, 1.54) is 12.8 Å². The van der Waals surface area contributed by atoms with Crippen molar-refractivity contribution in [1.82, 2.24) is 0 Å². The predicted octanol–water partition coefficient (Wildman–Crippen LogP) is 3.47. The molecule has 1 saturated heterocycles. The average molecular weight is 279 g/mol. The van der Waals surface area contributed by atoms with Gasteiger partial charge < -0.3 is 19.5 Å². The number of hydrogen-bond donors (Lipinski definition) is 1. The summed E-state index contributed by atoms with van der Waals surface area (Å²) in [5.74, 6) is 1.75. The van der Waals surface area contributed by atoms with Crippen LogP contribution in [0.2, 0.25) is 0 Å². The molecule has 1 aliphatic rings. The normalized spacial score (nSPS) is 18.0. The molecule has 1 aromatic carbocycles. The van der Waals surface area contributed by atoms with Crippen LogP contribution in [-0.4, -0.2) is 32.5 Å². The minimum Gasteiger partial charge on any atom is -0.494 e. The van der Waals surface area contributed by atoms with E-state index in [9.17, 15) is 0 Å². The van der Waals surface area contributed by atoms with Crippen molar-refractivity contribution < 1.29 is 14.2 Å². The van der Waals surface area contributed by atoms with E-state index in [1.54, 1.807) is 0 Å². The molecule has 0 bridgehead atoms. The molecule has 0 aliphatic carbocycles. The highest BCUT2D eigenvalue weighted by Crippen LogP contribution is 2.29. The Labute approximate surface area is 121 Å². The van der Waals surface area contributed by atoms with Gasteiger partial charge in [-0.15, -0.1) is 0 Å². The van der Waals surface area contributed by atoms with E-state index < -0.39 is 0 Å². The van der Waals surface area contributed by atoms with Gasteiger partial charge in [0.2, 0.25) is 0 Å². The quantitative estimate of drug-likeness (QED) is 0.791. The van der Waals surface area contributed by atoms with Crippen LogP contribution in [0.15, 0.2) is 18.2 Å². The smallest absolute Gasteiger partial charge is 0.142 e. The molecule has 112 valence electrons. The summed E-state index contributed by atoms with van der Waals surface area (Å²) in [7, 11) is 0. The second-order valence-corrected chi connectivity index (χ2v) is 4.87. The van der Waals surface area contributed by atoms with Crippen molar-refractivity contribution in [2.75, 3.05) is 31.7 Å². The van der Waals surface area contributed by atoms with E-state index in [0.29, 0.717) is 19.3 Å². The summed E-state index contributed by atoms with van der Waals surface area (Å²) < 4.78 is 16.8. The fraction of sp³-hybridized carbons (Fsp3) is 0.625. The van der Waals surface area contributed by atoms with Crippen molar-refractivity contribution in [1.29, 1.82) is 0 Å². The van der Waals surface area contributed by atoms with Crippen LogP contribution < -0.4 is 14.8 Å². The van der Waals surface area contributed by atoms with Gasteiger partial charge in [-0.05, 0) is 45.2 Å². The standard InChI is InChI=1S/C16H25NO3/c1-3-18-14-7-8-16(19-4-2)15(12-14)17-10-9-13-6-5-11-20-13/h7-8,12-13,17H,3-6,9-11H2,1-2H3. The van der Waals surface area contributed by atoms with Crippen LogP contribution in [0.25, 0.3) is 0 Å². The van der Waals surface area contributed by atoms with Gasteiger partial charge in [0.05, 0.1) is 25.0 Å². The highest BCUT2D eigenvalue weighted by Gasteiger charge is 2.15. The summed E-state index contributed by atoms with van der Waals surface area (Å²) in [5.41, 5.74) is 0.996. The molecule has 1 N–H and O–H groups in total. The second-order valence-electron chi connectivity index (χ2n) is 4.87. The minimum absolute atomic E-state index is 0.410. The van der Waals surface area contributed by atoms with Crippen molar-refractivity contribution in [3.8, 4) is 11.5 Å². The van der Waals surface area contributed by atoms with Gasteiger partial charge in [0, 0.05) is 19.2 Å². The Morgan fingerprint density at radius 2 is 2.10 bits per heavy atom. The number of benzene rings is 1. The topological polar surface area (TPSA) is 39.7 Å². The predicted molar refractivity (Wildman–Crippen MR) is 80.9 cm³/mol. The van der Waals surface area contributed by atoms with E-state index >= 15 is 0 Å². The molecule has 4 heteroatoms. The first-order chi connectivity index (χ1) is 9.83. The van der Waals surface area contributed by atoms with Crippen LogP contribution in [0, 0.1) is 0 Å². The Morgan fingerprint density at radius 1 is 1.25 bits per heavy atom. The molecular formula is C16H25NO3. The molecule has 0 saturated carbocycles. The van der Waals surface area contributed by atoms with Crippen molar-refractivity contribution in [3.63, 3.8) is 0 Å². The first-order valence-electron chi connectivity index (χ1n) is 7.58. The van der Waals surface area contributed by atoms with Crippen LogP contribution in [0.3, 0.4) is 0 Å². The van der Waals surface area contributed by atoms with Gasteiger partial charge in [0.25, 0.3) is 0 Å². The summed E-state index contributed by atoms with van der Waals surface area (Å²) >= 11 is 0. The monoisotopic (exact) mass is 279 g/mol. The van der Waals surface area contributed by atoms with E-state index in [0.717, 1.165) is 36.8 Å². The van der Waals surface area contributed by atoms with Gasteiger partial charge in [0.15, 0.2) is 0 Å². The summed E-state index contributed by atoms with van der Waals surface area (Å²) in [4.78, 5) is 0. The van der Waals surface area contributed by atoms with Crippen molar-refractivity contribution in [2.24, 2.45) is 0 Å². The fourth-order valence-electron chi connectivity index (χ4n) is 2.42. The molecule has 1 atom stereocenters. The average Bonchev–Trinajstić information content (AvgIpc) is 2.95. The molecular weight excluding hydrogens is 254 g/mol. The molecule has 1 aromatic rings. The Balaban J connectivity index is 1.93. The Kier molecular flexibility index (Phi) is 5.99. The summed E-state index contributed by atoms with van der Waals surface area (Å²) in [6.45, 7) is 7.11. The lowest BCUT2D eigenvalue weighted by Gasteiger charge is -2.15. The lowest BCUT2D eigenvalue weighted by Crippen LogP contribution is -2.13. The molecule has 20 heavy (non-hydrogen) atoms. The zero-order valence-electron chi connectivity index (χ0n) is 12.5. The molecule has 4 nitrogen and oxygen atoms in total. The Morgan fingerprint density at radius 3 is 2.80 bits per heavy atom. The zero-order chi connectivity index (χ0) is 14.2. The SMILES string of the molecule is CCOc1ccc(OCC)c(NCCC2CCCO2)c1. The lowest BCUT2D eigenvalue weighted by atomic mass is 10.2. The molecule has 0 spiro atoms. The maximum atomic E-state index is 5.64. The Bertz CT molecular complexity index is 403. The molecule has 0 amide bonds. The van der Waals surface area contributed by atoms with Crippen molar-refractivity contribution in [2.45, 2.75) is 39.2 Å². The Hall–Kier alpha value is -1.42. The highest BCUT2D eigenvalue weighted by atomic mass is 16.5. The maximum Gasteiger partial charge on any atom is 0.142 e. The van der Waals surface area contributed by atoms with Crippen LogP contribution >= 0.6 is 0 Å². The van der Waals surface area contributed by atoms with Crippen molar-refractivity contribution in [3.05, 3.63) is 18.2 Å². The van der Waals surface area contributed by atoms with Crippen LogP contribution in [0.5, 0.6) is 11.5 Å². The molecule has 0 aromatic heterocycles. The summed E-state index contributed by atoms with van der Waals surface area (Å²) in [6, 6.07) is 5.91. The lowest BCUT2D eigenvalue weighted by molar-refractivity contribution is 0.107. The van der Waals surface area contributed by atoms with Gasteiger partial charge >= 0.3 is 0 Å². The second kappa shape index (κ2) is 8.00. The molecule has 1 heterocycles. The molecule has 1 aliphatic heterocycles. The van der Waals surface area contributed by atoms with Gasteiger partial charge in [-0.3, -0.25) is 0 Å². The van der Waals surface area contributed by atoms with E-state index in [1.807, 2.05) is 32.0 Å². The van der Waals surface area contributed by atoms with Gasteiger partial charge in [-0.2, -0.15) is 0 Å². The minimum atomic E-state index is 0.410. The van der Waals surface area contributed by atoms with Crippen LogP contribution in [0.1, 0.15) is 33.1 Å². The first kappa shape index (κ1) is 15.0. The summed E-state index contributed by atoms with van der Waals surface area (Å²) in [6.07, 6.45) is 3.81. The van der Waals surface area contributed by atoms with Crippen LogP contribution in [-0.2, 0) is 4.74 Å². The molecule has 1 fully saturated rings. The summed E-state index contributed by atoms with van der Waals surface area (Å²) in [5, 5.41) is 3.44. The number of nitrogens with one attached hydrogen (secondary N) is 1. The van der Waals surface area contributed by atoms with Crippen molar-refractivity contribution >= 4 is 5.69 Å². The highest BCUT2D eigenvalue weighted by molar-refractivity contribution is 5.59. The number of rotatable bonds is 8. The van der Waals surface area contributed by atoms with E-state index in [4.69, 9.17) is 14.2 Å². The fourth-order valence-corrected chi connectivity index (χ4v) is 2.42. The van der Waals surface area contributed by atoms with Gasteiger partial charge in [-0.25, -0.2) is 0 Å². The zero-order valence-corrected chi connectivity index (χ0v) is 12.5. The number of hydrogen-bond acceptors (Lipinski definition) is 4. The molecule has 1 unspecified atom stereocenters. The molecule has 2 rings (SSSR count). The van der Waals surface area contributed by atoms with E-state index in [-0.39, 0.29) is 0 Å². The first-order valence-corrected chi connectivity index (χ1v) is 7.58. The van der Waals surface area contributed by atoms with Crippen LogP contribution in [0.4, 0.5) is 5.69 Å². The van der Waals surface area contributed by atoms with Gasteiger partial charge in [-0.1, -0.05) is 0 Å². The third-order valence-electron chi connectivity index (χ3n) is 3.37. The largest absolute Gasteiger partial charge is 0.494 e. The third kappa shape index (κ3) is 4.30. The van der Waals surface area contributed by atoms with E-state index in [2.05, 4.69) is 5.32 Å². The number of anilines is 1. The number of ether oxygens (including phenoxy) is 3. The maximum absolute atomic E-state index is 5.64. The third-order valence-corrected chi connectivity index (χ3v) is 3.37.